The second-order valence-electron chi connectivity index (χ2n) is 6.55. The molecule has 1 N–H and O–H groups in total. The van der Waals surface area contributed by atoms with Crippen LogP contribution < -0.4 is 5.32 Å². The fourth-order valence-corrected chi connectivity index (χ4v) is 4.35. The number of nitrogens with one attached hydrogen (secondary N) is 1. The predicted molar refractivity (Wildman–Crippen MR) is 101 cm³/mol. The lowest BCUT2D eigenvalue weighted by atomic mass is 10.2. The highest BCUT2D eigenvalue weighted by molar-refractivity contribution is 7.19. The summed E-state index contributed by atoms with van der Waals surface area (Å²) >= 11 is 1.73. The van der Waals surface area contributed by atoms with Crippen LogP contribution in [-0.2, 0) is 11.3 Å². The average Bonchev–Trinajstić information content (AvgIpc) is 3.32. The maximum absolute atomic E-state index is 12.8. The SMILES string of the molecule is Cc1cc2c(cc(C(=O)NC[C@H]3CCCO3)n2Cc2ccccc2)s1. The fourth-order valence-electron chi connectivity index (χ4n) is 3.39. The molecule has 1 amide bonds. The first-order chi connectivity index (χ1) is 12.2. The summed E-state index contributed by atoms with van der Waals surface area (Å²) in [7, 11) is 0. The van der Waals surface area contributed by atoms with Gasteiger partial charge in [-0.2, -0.15) is 0 Å². The lowest BCUT2D eigenvalue weighted by Crippen LogP contribution is -2.33. The van der Waals surface area contributed by atoms with Crippen LogP contribution in [-0.4, -0.2) is 29.7 Å². The van der Waals surface area contributed by atoms with Gasteiger partial charge in [-0.05, 0) is 37.5 Å². The highest BCUT2D eigenvalue weighted by atomic mass is 32.1. The molecule has 1 aromatic carbocycles. The van der Waals surface area contributed by atoms with Crippen LogP contribution in [0, 0.1) is 6.92 Å². The van der Waals surface area contributed by atoms with Gasteiger partial charge < -0.3 is 14.6 Å². The van der Waals surface area contributed by atoms with Gasteiger partial charge >= 0.3 is 0 Å². The molecule has 1 atom stereocenters. The molecule has 130 valence electrons. The Balaban J connectivity index is 1.61. The summed E-state index contributed by atoms with van der Waals surface area (Å²) in [6, 6.07) is 14.5. The number of thiophene rings is 1. The third kappa shape index (κ3) is 3.48. The molecular formula is C20H22N2O2S. The molecule has 0 radical (unpaired) electrons. The minimum Gasteiger partial charge on any atom is -0.376 e. The van der Waals surface area contributed by atoms with Gasteiger partial charge in [0.15, 0.2) is 0 Å². The van der Waals surface area contributed by atoms with Gasteiger partial charge in [0, 0.05) is 24.6 Å². The zero-order valence-electron chi connectivity index (χ0n) is 14.3. The Morgan fingerprint density at radius 3 is 2.92 bits per heavy atom. The van der Waals surface area contributed by atoms with Crippen LogP contribution in [0.25, 0.3) is 10.2 Å². The van der Waals surface area contributed by atoms with Gasteiger partial charge in [-0.3, -0.25) is 4.79 Å². The normalized spacial score (nSPS) is 17.2. The number of aryl methyl sites for hydroxylation is 1. The van der Waals surface area contributed by atoms with Crippen molar-refractivity contribution in [2.75, 3.05) is 13.2 Å². The number of nitrogens with zero attached hydrogens (tertiary/aromatic N) is 1. The first-order valence-electron chi connectivity index (χ1n) is 8.74. The number of benzene rings is 1. The molecule has 3 heterocycles. The van der Waals surface area contributed by atoms with E-state index >= 15 is 0 Å². The van der Waals surface area contributed by atoms with E-state index < -0.39 is 0 Å². The van der Waals surface area contributed by atoms with Gasteiger partial charge in [0.25, 0.3) is 5.91 Å². The molecule has 1 aliphatic rings. The number of hydrogen-bond donors (Lipinski definition) is 1. The van der Waals surface area contributed by atoms with Crippen LogP contribution >= 0.6 is 11.3 Å². The lowest BCUT2D eigenvalue weighted by molar-refractivity contribution is 0.0851. The molecule has 4 nitrogen and oxygen atoms in total. The number of carbonyl (C=O) groups is 1. The molecule has 0 saturated carbocycles. The van der Waals surface area contributed by atoms with Crippen LogP contribution in [0.4, 0.5) is 0 Å². The molecule has 0 unspecified atom stereocenters. The molecule has 0 aliphatic carbocycles. The standard InChI is InChI=1S/C20H22N2O2S/c1-14-10-17-19(25-14)11-18(20(23)21-12-16-8-5-9-24-16)22(17)13-15-6-3-2-4-7-15/h2-4,6-7,10-11,16H,5,8-9,12-13H2,1H3,(H,21,23)/t16-/m1/s1. The van der Waals surface area contributed by atoms with Crippen LogP contribution in [0.5, 0.6) is 0 Å². The number of aromatic nitrogens is 1. The third-order valence-corrected chi connectivity index (χ3v) is 5.63. The van der Waals surface area contributed by atoms with Crippen molar-refractivity contribution >= 4 is 27.5 Å². The first-order valence-corrected chi connectivity index (χ1v) is 9.56. The van der Waals surface area contributed by atoms with E-state index in [0.29, 0.717) is 13.1 Å². The fraction of sp³-hybridized carbons (Fsp3) is 0.350. The van der Waals surface area contributed by atoms with Crippen molar-refractivity contribution in [3.63, 3.8) is 0 Å². The molecule has 0 spiro atoms. The molecule has 2 aromatic heterocycles. The molecule has 0 bridgehead atoms. The summed E-state index contributed by atoms with van der Waals surface area (Å²) in [5.41, 5.74) is 3.05. The number of rotatable bonds is 5. The van der Waals surface area contributed by atoms with E-state index in [1.165, 1.54) is 10.4 Å². The van der Waals surface area contributed by atoms with E-state index in [4.69, 9.17) is 4.74 Å². The summed E-state index contributed by atoms with van der Waals surface area (Å²) in [6.07, 6.45) is 2.27. The van der Waals surface area contributed by atoms with Crippen molar-refractivity contribution in [2.24, 2.45) is 0 Å². The summed E-state index contributed by atoms with van der Waals surface area (Å²) in [4.78, 5) is 14.0. The van der Waals surface area contributed by atoms with Crippen molar-refractivity contribution < 1.29 is 9.53 Å². The summed E-state index contributed by atoms with van der Waals surface area (Å²) in [6.45, 7) is 4.19. The monoisotopic (exact) mass is 354 g/mol. The molecule has 25 heavy (non-hydrogen) atoms. The van der Waals surface area contributed by atoms with Gasteiger partial charge in [0.2, 0.25) is 0 Å². The van der Waals surface area contributed by atoms with E-state index in [1.807, 2.05) is 24.3 Å². The van der Waals surface area contributed by atoms with E-state index in [9.17, 15) is 4.79 Å². The van der Waals surface area contributed by atoms with Crippen molar-refractivity contribution in [3.8, 4) is 0 Å². The Morgan fingerprint density at radius 2 is 2.16 bits per heavy atom. The van der Waals surface area contributed by atoms with Gasteiger partial charge in [-0.25, -0.2) is 0 Å². The number of amides is 1. The van der Waals surface area contributed by atoms with Crippen molar-refractivity contribution in [3.05, 3.63) is 58.6 Å². The van der Waals surface area contributed by atoms with Crippen LogP contribution in [0.2, 0.25) is 0 Å². The maximum atomic E-state index is 12.8. The Bertz CT molecular complexity index is 876. The van der Waals surface area contributed by atoms with Crippen LogP contribution in [0.3, 0.4) is 0 Å². The van der Waals surface area contributed by atoms with Crippen molar-refractivity contribution in [1.29, 1.82) is 0 Å². The maximum Gasteiger partial charge on any atom is 0.268 e. The number of hydrogen-bond acceptors (Lipinski definition) is 3. The number of fused-ring (bicyclic) bond motifs is 1. The molecule has 3 aromatic rings. The van der Waals surface area contributed by atoms with E-state index in [2.05, 4.69) is 35.0 Å². The second kappa shape index (κ2) is 7.02. The Morgan fingerprint density at radius 1 is 1.32 bits per heavy atom. The molecule has 1 aliphatic heterocycles. The Hall–Kier alpha value is -2.11. The number of ether oxygens (including phenoxy) is 1. The number of carbonyl (C=O) groups excluding carboxylic acids is 1. The Kier molecular flexibility index (Phi) is 4.59. The third-order valence-electron chi connectivity index (χ3n) is 4.64. The zero-order valence-corrected chi connectivity index (χ0v) is 15.1. The molecular weight excluding hydrogens is 332 g/mol. The summed E-state index contributed by atoms with van der Waals surface area (Å²) in [5.74, 6) is -0.0208. The average molecular weight is 354 g/mol. The van der Waals surface area contributed by atoms with Crippen LogP contribution in [0.1, 0.15) is 33.8 Å². The highest BCUT2D eigenvalue weighted by Crippen LogP contribution is 2.29. The quantitative estimate of drug-likeness (QED) is 0.753. The van der Waals surface area contributed by atoms with E-state index in [1.54, 1.807) is 11.3 Å². The van der Waals surface area contributed by atoms with Gasteiger partial charge in [0.05, 0.1) is 16.3 Å². The zero-order chi connectivity index (χ0) is 17.2. The predicted octanol–water partition coefficient (Wildman–Crippen LogP) is 3.97. The van der Waals surface area contributed by atoms with E-state index in [-0.39, 0.29) is 12.0 Å². The molecule has 5 heteroatoms. The second-order valence-corrected chi connectivity index (χ2v) is 7.84. The van der Waals surface area contributed by atoms with Gasteiger partial charge in [0.1, 0.15) is 5.69 Å². The van der Waals surface area contributed by atoms with E-state index in [0.717, 1.165) is 35.4 Å². The van der Waals surface area contributed by atoms with Gasteiger partial charge in [-0.1, -0.05) is 30.3 Å². The largest absolute Gasteiger partial charge is 0.376 e. The minimum absolute atomic E-state index is 0.0208. The Labute approximate surface area is 151 Å². The summed E-state index contributed by atoms with van der Waals surface area (Å²) in [5, 5.41) is 3.05. The lowest BCUT2D eigenvalue weighted by Gasteiger charge is -2.13. The molecule has 1 saturated heterocycles. The smallest absolute Gasteiger partial charge is 0.268 e. The minimum atomic E-state index is -0.0208. The van der Waals surface area contributed by atoms with Gasteiger partial charge in [-0.15, -0.1) is 11.3 Å². The molecule has 4 rings (SSSR count). The highest BCUT2D eigenvalue weighted by Gasteiger charge is 2.20. The first kappa shape index (κ1) is 16.4. The van der Waals surface area contributed by atoms with Crippen LogP contribution in [0.15, 0.2) is 42.5 Å². The van der Waals surface area contributed by atoms with Crippen molar-refractivity contribution in [2.45, 2.75) is 32.4 Å². The topological polar surface area (TPSA) is 43.3 Å². The van der Waals surface area contributed by atoms with Crippen molar-refractivity contribution in [1.82, 2.24) is 9.88 Å². The summed E-state index contributed by atoms with van der Waals surface area (Å²) < 4.78 is 8.89. The molecule has 1 fully saturated rings.